The standard InChI is InChI=1S/C42H26N4.C36H22N4/c1-2-8-28(9-3-1)35-23-21-31-19-22-34-40(33-10-4-5-11-36(33)46-42(34)41(31)45-35)30-16-13-27(14-17-30)32-18-15-29-20-24-38(44-39(29)26-32)37-12-6-7-25-43-37;1-2-8-30-28(7-1)34(29-18-16-26-6-5-21-38-35(26)36(29)40-30)25-13-10-23(11-14-25)27-15-12-24-17-19-32(39-33(24)22-27)31-9-3-4-20-37-31/h1-26H;1-22H. The Morgan fingerprint density at radius 2 is 0.616 bits per heavy atom. The zero-order valence-corrected chi connectivity index (χ0v) is 46.3. The average molecular weight is 1100 g/mol. The maximum Gasteiger partial charge on any atom is 0.0978 e. The Kier molecular flexibility index (Phi) is 12.3. The molecule has 400 valence electrons. The number of hydrogen-bond donors (Lipinski definition) is 0. The number of aromatic nitrogens is 8. The molecule has 0 unspecified atom stereocenters. The summed E-state index contributed by atoms with van der Waals surface area (Å²) in [6.07, 6.45) is 5.44. The molecular formula is C78H48N8. The van der Waals surface area contributed by atoms with Gasteiger partial charge in [-0.05, 0) is 106 Å². The van der Waals surface area contributed by atoms with Crippen LogP contribution in [0.4, 0.5) is 0 Å². The fourth-order valence-corrected chi connectivity index (χ4v) is 12.0. The highest BCUT2D eigenvalue weighted by Gasteiger charge is 2.18. The number of fused-ring (bicyclic) bond motifs is 10. The van der Waals surface area contributed by atoms with Crippen LogP contribution in [0, 0.1) is 0 Å². The summed E-state index contributed by atoms with van der Waals surface area (Å²) in [4.78, 5) is 38.8. The Bertz CT molecular complexity index is 5450. The number of para-hydroxylation sites is 2. The van der Waals surface area contributed by atoms with Crippen LogP contribution in [0.2, 0.25) is 0 Å². The first-order chi connectivity index (χ1) is 42.6. The molecule has 0 saturated carbocycles. The Morgan fingerprint density at radius 3 is 1.16 bits per heavy atom. The quantitative estimate of drug-likeness (QED) is 0.115. The smallest absolute Gasteiger partial charge is 0.0978 e. The van der Waals surface area contributed by atoms with Gasteiger partial charge in [-0.25, -0.2) is 24.9 Å². The molecule has 0 atom stereocenters. The van der Waals surface area contributed by atoms with E-state index in [4.69, 9.17) is 24.9 Å². The normalized spacial score (nSPS) is 11.5. The molecule has 17 rings (SSSR count). The molecule has 0 aliphatic rings. The summed E-state index contributed by atoms with van der Waals surface area (Å²) in [6.45, 7) is 0. The molecule has 8 aromatic heterocycles. The minimum absolute atomic E-state index is 0.870. The Balaban J connectivity index is 0.000000141. The lowest BCUT2D eigenvalue weighted by molar-refractivity contribution is 1.28. The number of rotatable bonds is 7. The Hall–Kier alpha value is -11.7. The monoisotopic (exact) mass is 1100 g/mol. The van der Waals surface area contributed by atoms with Crippen LogP contribution in [0.5, 0.6) is 0 Å². The molecule has 0 radical (unpaired) electrons. The molecule has 0 N–H and O–H groups in total. The second kappa shape index (κ2) is 21.2. The first-order valence-electron chi connectivity index (χ1n) is 28.7. The van der Waals surface area contributed by atoms with E-state index < -0.39 is 0 Å². The van der Waals surface area contributed by atoms with Crippen molar-refractivity contribution in [3.63, 3.8) is 0 Å². The average Bonchev–Trinajstić information content (AvgIpc) is 2.68. The largest absolute Gasteiger partial charge is 0.255 e. The SMILES string of the molecule is c1ccc(-c2ccc3ccc(-c4ccc(-c5c6ccccc6nc6c5ccc5cccnc56)cc4)cc3n2)nc1.c1ccc(-c2ccc3ccc4c(-c5ccc(-c6ccc7ccc(-c8ccccn8)nc7c6)cc5)c5ccccc5nc4c3n2)cc1. The van der Waals surface area contributed by atoms with Gasteiger partial charge in [0.05, 0.1) is 72.6 Å². The first-order valence-corrected chi connectivity index (χ1v) is 28.7. The molecule has 0 aliphatic heterocycles. The summed E-state index contributed by atoms with van der Waals surface area (Å²) >= 11 is 0. The summed E-state index contributed by atoms with van der Waals surface area (Å²) in [7, 11) is 0. The number of hydrogen-bond acceptors (Lipinski definition) is 8. The van der Waals surface area contributed by atoms with Crippen molar-refractivity contribution in [1.82, 2.24) is 39.9 Å². The molecular weight excluding hydrogens is 1050 g/mol. The molecule has 0 fully saturated rings. The van der Waals surface area contributed by atoms with Crippen molar-refractivity contribution in [2.45, 2.75) is 0 Å². The van der Waals surface area contributed by atoms with E-state index in [1.165, 1.54) is 11.1 Å². The van der Waals surface area contributed by atoms with Crippen LogP contribution in [0.3, 0.4) is 0 Å². The molecule has 0 spiro atoms. The molecule has 0 bridgehead atoms. The maximum atomic E-state index is 5.18. The van der Waals surface area contributed by atoms with Gasteiger partial charge in [-0.1, -0.05) is 200 Å². The van der Waals surface area contributed by atoms with Crippen LogP contribution in [0.15, 0.2) is 292 Å². The van der Waals surface area contributed by atoms with Gasteiger partial charge in [0.25, 0.3) is 0 Å². The van der Waals surface area contributed by atoms with Gasteiger partial charge in [-0.15, -0.1) is 0 Å². The van der Waals surface area contributed by atoms with Crippen LogP contribution in [-0.4, -0.2) is 39.9 Å². The number of nitrogens with zero attached hydrogens (tertiary/aromatic N) is 8. The second-order valence-electron chi connectivity index (χ2n) is 21.4. The topological polar surface area (TPSA) is 103 Å². The molecule has 9 aromatic carbocycles. The van der Waals surface area contributed by atoms with Crippen molar-refractivity contribution in [3.05, 3.63) is 292 Å². The highest BCUT2D eigenvalue weighted by atomic mass is 14.8. The minimum atomic E-state index is 0.870. The Morgan fingerprint density at radius 1 is 0.186 bits per heavy atom. The lowest BCUT2D eigenvalue weighted by Crippen LogP contribution is -1.93. The van der Waals surface area contributed by atoms with E-state index in [1.807, 2.05) is 85.1 Å². The van der Waals surface area contributed by atoms with Crippen molar-refractivity contribution in [3.8, 4) is 78.5 Å². The molecule has 0 aliphatic carbocycles. The van der Waals surface area contributed by atoms with Crippen molar-refractivity contribution in [2.24, 2.45) is 0 Å². The third-order valence-electron chi connectivity index (χ3n) is 16.3. The molecule has 86 heavy (non-hydrogen) atoms. The van der Waals surface area contributed by atoms with E-state index >= 15 is 0 Å². The molecule has 0 saturated heterocycles. The summed E-state index contributed by atoms with van der Waals surface area (Å²) in [5.41, 5.74) is 22.2. The molecule has 17 aromatic rings. The predicted molar refractivity (Wildman–Crippen MR) is 353 cm³/mol. The van der Waals surface area contributed by atoms with Crippen LogP contribution in [-0.2, 0) is 0 Å². The third-order valence-corrected chi connectivity index (χ3v) is 16.3. The van der Waals surface area contributed by atoms with Crippen molar-refractivity contribution in [1.29, 1.82) is 0 Å². The van der Waals surface area contributed by atoms with E-state index in [9.17, 15) is 0 Å². The fraction of sp³-hybridized carbons (Fsp3) is 0. The number of pyridine rings is 8. The van der Waals surface area contributed by atoms with E-state index in [0.717, 1.165) is 155 Å². The van der Waals surface area contributed by atoms with Crippen molar-refractivity contribution in [2.75, 3.05) is 0 Å². The van der Waals surface area contributed by atoms with Gasteiger partial charge in [0.1, 0.15) is 0 Å². The van der Waals surface area contributed by atoms with Crippen molar-refractivity contribution < 1.29 is 0 Å². The lowest BCUT2D eigenvalue weighted by atomic mass is 9.93. The summed E-state index contributed by atoms with van der Waals surface area (Å²) in [5, 5.41) is 8.83. The maximum absolute atomic E-state index is 5.18. The van der Waals surface area contributed by atoms with Crippen LogP contribution >= 0.6 is 0 Å². The zero-order chi connectivity index (χ0) is 56.9. The zero-order valence-electron chi connectivity index (χ0n) is 46.3. The van der Waals surface area contributed by atoms with Gasteiger partial charge < -0.3 is 0 Å². The van der Waals surface area contributed by atoms with Gasteiger partial charge in [0, 0.05) is 78.4 Å². The molecule has 8 heteroatoms. The second-order valence-corrected chi connectivity index (χ2v) is 21.4. The summed E-state index contributed by atoms with van der Waals surface area (Å²) in [5.74, 6) is 0. The van der Waals surface area contributed by atoms with Gasteiger partial charge in [0.15, 0.2) is 0 Å². The molecule has 8 heterocycles. The Labute approximate surface area is 494 Å². The van der Waals surface area contributed by atoms with Gasteiger partial charge >= 0.3 is 0 Å². The van der Waals surface area contributed by atoms with Crippen LogP contribution in [0.1, 0.15) is 0 Å². The highest BCUT2D eigenvalue weighted by Crippen LogP contribution is 2.41. The van der Waals surface area contributed by atoms with Gasteiger partial charge in [0.2, 0.25) is 0 Å². The van der Waals surface area contributed by atoms with E-state index in [1.54, 1.807) is 12.4 Å². The lowest BCUT2D eigenvalue weighted by Gasteiger charge is -2.14. The predicted octanol–water partition coefficient (Wildman–Crippen LogP) is 19.4. The molecule has 8 nitrogen and oxygen atoms in total. The van der Waals surface area contributed by atoms with Crippen LogP contribution in [0.25, 0.3) is 166 Å². The van der Waals surface area contributed by atoms with Gasteiger partial charge in [-0.2, -0.15) is 0 Å². The van der Waals surface area contributed by atoms with E-state index in [-0.39, 0.29) is 0 Å². The van der Waals surface area contributed by atoms with Crippen LogP contribution < -0.4 is 0 Å². The van der Waals surface area contributed by atoms with Crippen molar-refractivity contribution >= 4 is 87.2 Å². The first kappa shape index (κ1) is 50.0. The minimum Gasteiger partial charge on any atom is -0.255 e. The number of benzene rings is 9. The third kappa shape index (κ3) is 9.15. The summed E-state index contributed by atoms with van der Waals surface area (Å²) in [6, 6.07) is 94.7. The highest BCUT2D eigenvalue weighted by molar-refractivity contribution is 6.17. The van der Waals surface area contributed by atoms with E-state index in [2.05, 4.69) is 209 Å². The fourth-order valence-electron chi connectivity index (χ4n) is 12.0. The van der Waals surface area contributed by atoms with Gasteiger partial charge in [-0.3, -0.25) is 15.0 Å². The van der Waals surface area contributed by atoms with E-state index in [0.29, 0.717) is 0 Å². The molecule has 0 amide bonds. The summed E-state index contributed by atoms with van der Waals surface area (Å²) < 4.78 is 0.